The molecule has 0 spiro atoms. The number of rotatable bonds is 4. The number of ketones is 1. The minimum Gasteiger partial charge on any atom is -0.300 e. The zero-order valence-electron chi connectivity index (χ0n) is 11.7. The van der Waals surface area contributed by atoms with Crippen LogP contribution in [0.3, 0.4) is 0 Å². The van der Waals surface area contributed by atoms with E-state index >= 15 is 0 Å². The molecule has 116 valence electrons. The normalized spacial score (nSPS) is 20.4. The summed E-state index contributed by atoms with van der Waals surface area (Å²) in [5.41, 5.74) is 0. The molecular weight excluding hydrogens is 317 g/mol. The van der Waals surface area contributed by atoms with Gasteiger partial charge in [0, 0.05) is 19.0 Å². The molecule has 1 atom stereocenters. The summed E-state index contributed by atoms with van der Waals surface area (Å²) < 4.78 is 40.1. The van der Waals surface area contributed by atoms with E-state index in [0.717, 1.165) is 25.0 Å². The van der Waals surface area contributed by atoms with Crippen molar-refractivity contribution >= 4 is 27.4 Å². The highest BCUT2D eigenvalue weighted by molar-refractivity contribution is 7.89. The first kappa shape index (κ1) is 16.4. The molecule has 1 saturated heterocycles. The van der Waals surface area contributed by atoms with Crippen molar-refractivity contribution in [1.82, 2.24) is 4.31 Å². The first-order chi connectivity index (χ1) is 9.82. The van der Waals surface area contributed by atoms with Crippen LogP contribution >= 0.6 is 11.6 Å². The van der Waals surface area contributed by atoms with E-state index in [1.807, 2.05) is 0 Å². The lowest BCUT2D eigenvalue weighted by Crippen LogP contribution is -2.44. The number of hydrogen-bond acceptors (Lipinski definition) is 3. The van der Waals surface area contributed by atoms with Crippen LogP contribution in [0.25, 0.3) is 0 Å². The average molecular weight is 334 g/mol. The second kappa shape index (κ2) is 6.42. The van der Waals surface area contributed by atoms with E-state index < -0.39 is 15.8 Å². The van der Waals surface area contributed by atoms with Gasteiger partial charge in [-0.2, -0.15) is 4.31 Å². The van der Waals surface area contributed by atoms with Crippen molar-refractivity contribution in [3.63, 3.8) is 0 Å². The second-order valence-electron chi connectivity index (χ2n) is 5.25. The molecule has 0 bridgehead atoms. The largest absolute Gasteiger partial charge is 0.300 e. The predicted molar refractivity (Wildman–Crippen MR) is 78.2 cm³/mol. The fourth-order valence-corrected chi connectivity index (χ4v) is 4.81. The molecule has 1 unspecified atom stereocenters. The first-order valence-corrected chi connectivity index (χ1v) is 8.60. The Morgan fingerprint density at radius 2 is 2.14 bits per heavy atom. The average Bonchev–Trinajstić information content (AvgIpc) is 2.41. The molecule has 21 heavy (non-hydrogen) atoms. The second-order valence-corrected chi connectivity index (χ2v) is 7.51. The molecule has 0 amide bonds. The molecule has 0 aliphatic carbocycles. The number of nitrogens with zero attached hydrogens (tertiary/aromatic N) is 1. The number of piperidine rings is 1. The quantitative estimate of drug-likeness (QED) is 0.851. The van der Waals surface area contributed by atoms with E-state index in [2.05, 4.69) is 0 Å². The van der Waals surface area contributed by atoms with Crippen molar-refractivity contribution in [2.24, 2.45) is 0 Å². The zero-order chi connectivity index (χ0) is 15.6. The highest BCUT2D eigenvalue weighted by Gasteiger charge is 2.35. The van der Waals surface area contributed by atoms with E-state index in [1.165, 1.54) is 17.3 Å². The number of hydrogen-bond donors (Lipinski definition) is 0. The Hall–Kier alpha value is -0.980. The number of Topliss-reactive ketones (excluding diaryl/α,β-unsaturated/α-hetero) is 1. The third-order valence-corrected chi connectivity index (χ3v) is 6.01. The van der Waals surface area contributed by atoms with Gasteiger partial charge in [-0.05, 0) is 38.0 Å². The highest BCUT2D eigenvalue weighted by Crippen LogP contribution is 2.31. The maximum Gasteiger partial charge on any atom is 0.244 e. The Bertz CT molecular complexity index is 648. The number of carbonyl (C=O) groups is 1. The van der Waals surface area contributed by atoms with Crippen molar-refractivity contribution in [2.75, 3.05) is 6.54 Å². The minimum atomic E-state index is -3.90. The number of benzene rings is 1. The Morgan fingerprint density at radius 3 is 2.81 bits per heavy atom. The van der Waals surface area contributed by atoms with Gasteiger partial charge in [0.15, 0.2) is 0 Å². The Kier molecular flexibility index (Phi) is 5.01. The molecule has 2 rings (SSSR count). The minimum absolute atomic E-state index is 0.0106. The maximum absolute atomic E-state index is 13.4. The molecular formula is C14H17ClFNO3S. The number of sulfonamides is 1. The SMILES string of the molecule is CC(=O)CC1CCCCN1S(=O)(=O)c1cc(F)ccc1Cl. The molecule has 1 aliphatic heterocycles. The summed E-state index contributed by atoms with van der Waals surface area (Å²) in [6.45, 7) is 1.77. The molecule has 0 saturated carbocycles. The van der Waals surface area contributed by atoms with Crippen molar-refractivity contribution in [1.29, 1.82) is 0 Å². The van der Waals surface area contributed by atoms with E-state index in [4.69, 9.17) is 11.6 Å². The fraction of sp³-hybridized carbons (Fsp3) is 0.500. The molecule has 1 aromatic carbocycles. The summed E-state index contributed by atoms with van der Waals surface area (Å²) in [4.78, 5) is 11.1. The summed E-state index contributed by atoms with van der Waals surface area (Å²) in [6.07, 6.45) is 2.40. The number of halogens is 2. The van der Waals surface area contributed by atoms with Gasteiger partial charge in [-0.25, -0.2) is 12.8 Å². The van der Waals surface area contributed by atoms with Gasteiger partial charge in [0.05, 0.1) is 5.02 Å². The van der Waals surface area contributed by atoms with E-state index in [0.29, 0.717) is 13.0 Å². The van der Waals surface area contributed by atoms with Crippen LogP contribution in [0.5, 0.6) is 0 Å². The van der Waals surface area contributed by atoms with E-state index in [9.17, 15) is 17.6 Å². The van der Waals surface area contributed by atoms with Gasteiger partial charge in [0.2, 0.25) is 10.0 Å². The molecule has 0 N–H and O–H groups in total. The topological polar surface area (TPSA) is 54.5 Å². The van der Waals surface area contributed by atoms with Crippen LogP contribution in [0.1, 0.15) is 32.6 Å². The van der Waals surface area contributed by atoms with Crippen LogP contribution in [0, 0.1) is 5.82 Å². The van der Waals surface area contributed by atoms with E-state index in [1.54, 1.807) is 0 Å². The highest BCUT2D eigenvalue weighted by atomic mass is 35.5. The Labute approximate surface area is 128 Å². The third kappa shape index (κ3) is 3.62. The van der Waals surface area contributed by atoms with Gasteiger partial charge >= 0.3 is 0 Å². The van der Waals surface area contributed by atoms with Gasteiger partial charge in [-0.15, -0.1) is 0 Å². The van der Waals surface area contributed by atoms with Crippen LogP contribution in [-0.2, 0) is 14.8 Å². The van der Waals surface area contributed by atoms with Gasteiger partial charge in [0.1, 0.15) is 16.5 Å². The maximum atomic E-state index is 13.4. The third-order valence-electron chi connectivity index (χ3n) is 3.58. The zero-order valence-corrected chi connectivity index (χ0v) is 13.3. The molecule has 1 aliphatic rings. The first-order valence-electron chi connectivity index (χ1n) is 6.78. The van der Waals surface area contributed by atoms with Gasteiger partial charge in [-0.3, -0.25) is 4.79 Å². The standard InChI is InChI=1S/C14H17ClFNO3S/c1-10(18)8-12-4-2-3-7-17(12)21(19,20)14-9-11(16)5-6-13(14)15/h5-6,9,12H,2-4,7-8H2,1H3. The lowest BCUT2D eigenvalue weighted by Gasteiger charge is -2.34. The molecule has 0 aromatic heterocycles. The number of carbonyl (C=O) groups excluding carboxylic acids is 1. The Morgan fingerprint density at radius 1 is 1.43 bits per heavy atom. The van der Waals surface area contributed by atoms with Gasteiger partial charge in [0.25, 0.3) is 0 Å². The van der Waals surface area contributed by atoms with Crippen LogP contribution in [0.2, 0.25) is 5.02 Å². The smallest absolute Gasteiger partial charge is 0.244 e. The van der Waals surface area contributed by atoms with Crippen LogP contribution in [0.15, 0.2) is 23.1 Å². The van der Waals surface area contributed by atoms with Gasteiger partial charge in [-0.1, -0.05) is 18.0 Å². The predicted octanol–water partition coefficient (Wildman–Crippen LogP) is 3.00. The monoisotopic (exact) mass is 333 g/mol. The van der Waals surface area contributed by atoms with Crippen molar-refractivity contribution in [2.45, 2.75) is 43.5 Å². The van der Waals surface area contributed by atoms with Crippen molar-refractivity contribution in [3.05, 3.63) is 29.0 Å². The summed E-state index contributed by atoms with van der Waals surface area (Å²) >= 11 is 5.91. The molecule has 7 heteroatoms. The van der Waals surface area contributed by atoms with Crippen LogP contribution < -0.4 is 0 Å². The van der Waals surface area contributed by atoms with E-state index in [-0.39, 0.29) is 28.2 Å². The molecule has 0 radical (unpaired) electrons. The molecule has 1 aromatic rings. The Balaban J connectivity index is 2.40. The fourth-order valence-electron chi connectivity index (χ4n) is 2.63. The lowest BCUT2D eigenvalue weighted by molar-refractivity contribution is -0.118. The van der Waals surface area contributed by atoms with Crippen molar-refractivity contribution in [3.8, 4) is 0 Å². The summed E-state index contributed by atoms with van der Waals surface area (Å²) in [5, 5.41) is -0.0106. The lowest BCUT2D eigenvalue weighted by atomic mass is 10.0. The summed E-state index contributed by atoms with van der Waals surface area (Å²) in [6, 6.07) is 2.90. The summed E-state index contributed by atoms with van der Waals surface area (Å²) in [7, 11) is -3.90. The van der Waals surface area contributed by atoms with Crippen LogP contribution in [0.4, 0.5) is 4.39 Å². The van der Waals surface area contributed by atoms with Gasteiger partial charge < -0.3 is 0 Å². The summed E-state index contributed by atoms with van der Waals surface area (Å²) in [5.74, 6) is -0.717. The van der Waals surface area contributed by atoms with Crippen molar-refractivity contribution < 1.29 is 17.6 Å². The molecule has 1 heterocycles. The van der Waals surface area contributed by atoms with Crippen LogP contribution in [-0.4, -0.2) is 31.1 Å². The molecule has 4 nitrogen and oxygen atoms in total. The molecule has 1 fully saturated rings.